The molecule has 2 fully saturated rings. The third-order valence-corrected chi connectivity index (χ3v) is 13.9. The van der Waals surface area contributed by atoms with Crippen molar-refractivity contribution in [1.82, 2.24) is 17.8 Å². The molecule has 2 aliphatic heterocycles. The third-order valence-electron chi connectivity index (χ3n) is 9.59. The summed E-state index contributed by atoms with van der Waals surface area (Å²) in [6, 6.07) is 13.0. The molecule has 0 unspecified atom stereocenters. The lowest BCUT2D eigenvalue weighted by Gasteiger charge is -2.35. The van der Waals surface area contributed by atoms with E-state index < -0.39 is 20.2 Å². The quantitative estimate of drug-likeness (QED) is 0.357. The standard InChI is InChI=1S/C34H50BrN5O4S2/c1-28-24-38(45(41,42)34-15-13-33(14-16-34)36(2)3)20-7-18-37(26-29-9-5-4-6-10-29)19-8-21-39(25-28)46(43,44)40-22-17-30-23-32(35)12-11-31(30)27-40/h11-16,23,29H,1,4-10,17-22,24-27H2,2-3H3. The van der Waals surface area contributed by atoms with Crippen molar-refractivity contribution < 1.29 is 16.8 Å². The Morgan fingerprint density at radius 1 is 0.761 bits per heavy atom. The fourth-order valence-electron chi connectivity index (χ4n) is 7.00. The van der Waals surface area contributed by atoms with Crippen LogP contribution in [0, 0.1) is 5.92 Å². The molecule has 2 aromatic carbocycles. The van der Waals surface area contributed by atoms with Crippen LogP contribution >= 0.6 is 15.9 Å². The number of hydrogen-bond acceptors (Lipinski definition) is 6. The minimum atomic E-state index is -3.83. The van der Waals surface area contributed by atoms with Gasteiger partial charge in [0.1, 0.15) is 0 Å². The van der Waals surface area contributed by atoms with Crippen LogP contribution in [-0.4, -0.2) is 101 Å². The van der Waals surface area contributed by atoms with E-state index in [0.29, 0.717) is 50.5 Å². The van der Waals surface area contributed by atoms with E-state index in [9.17, 15) is 16.8 Å². The normalized spacial score (nSPS) is 21.3. The van der Waals surface area contributed by atoms with E-state index in [1.807, 2.05) is 43.3 Å². The van der Waals surface area contributed by atoms with E-state index in [1.165, 1.54) is 40.7 Å². The zero-order valence-corrected chi connectivity index (χ0v) is 30.6. The number of fused-ring (bicyclic) bond motifs is 1. The molecule has 3 aliphatic rings. The molecule has 46 heavy (non-hydrogen) atoms. The Morgan fingerprint density at radius 2 is 1.39 bits per heavy atom. The van der Waals surface area contributed by atoms with Crippen molar-refractivity contribution >= 4 is 41.8 Å². The number of rotatable bonds is 7. The van der Waals surface area contributed by atoms with E-state index in [2.05, 4.69) is 33.5 Å². The monoisotopic (exact) mass is 735 g/mol. The lowest BCUT2D eigenvalue weighted by Crippen LogP contribution is -2.48. The van der Waals surface area contributed by atoms with Gasteiger partial charge in [-0.15, -0.1) is 0 Å². The Kier molecular flexibility index (Phi) is 12.0. The summed E-state index contributed by atoms with van der Waals surface area (Å²) in [6.45, 7) is 8.38. The number of halogens is 1. The number of benzene rings is 2. The predicted molar refractivity (Wildman–Crippen MR) is 190 cm³/mol. The maximum absolute atomic E-state index is 14.2. The molecule has 0 N–H and O–H groups in total. The van der Waals surface area contributed by atoms with Crippen LogP contribution in [0.15, 0.2) is 64.0 Å². The molecular formula is C34H50BrN5O4S2. The number of hydrogen-bond donors (Lipinski definition) is 0. The minimum absolute atomic E-state index is 0.0727. The Hall–Kier alpha value is -1.80. The van der Waals surface area contributed by atoms with Crippen LogP contribution < -0.4 is 4.90 Å². The van der Waals surface area contributed by atoms with Gasteiger partial charge >= 0.3 is 0 Å². The van der Waals surface area contributed by atoms with Gasteiger partial charge in [-0.05, 0) is 104 Å². The Bertz CT molecular complexity index is 1560. The van der Waals surface area contributed by atoms with E-state index in [-0.39, 0.29) is 18.0 Å². The van der Waals surface area contributed by atoms with Crippen molar-refractivity contribution in [1.29, 1.82) is 0 Å². The van der Waals surface area contributed by atoms with Crippen molar-refractivity contribution in [2.45, 2.75) is 62.8 Å². The van der Waals surface area contributed by atoms with Crippen LogP contribution in [-0.2, 0) is 33.2 Å². The fourth-order valence-corrected chi connectivity index (χ4v) is 10.6. The lowest BCUT2D eigenvalue weighted by atomic mass is 9.89. The molecule has 2 heterocycles. The maximum Gasteiger partial charge on any atom is 0.282 e. The van der Waals surface area contributed by atoms with Gasteiger partial charge in [-0.3, -0.25) is 0 Å². The van der Waals surface area contributed by atoms with Crippen LogP contribution in [0.4, 0.5) is 5.69 Å². The van der Waals surface area contributed by atoms with Crippen molar-refractivity contribution in [3.63, 3.8) is 0 Å². The van der Waals surface area contributed by atoms with Gasteiger partial charge in [-0.2, -0.15) is 21.3 Å². The molecule has 0 amide bonds. The molecule has 1 saturated heterocycles. The summed E-state index contributed by atoms with van der Waals surface area (Å²) in [5, 5.41) is 0. The first-order valence-corrected chi connectivity index (χ1v) is 20.3. The molecule has 0 spiro atoms. The zero-order valence-electron chi connectivity index (χ0n) is 27.4. The van der Waals surface area contributed by atoms with Gasteiger partial charge in [0.2, 0.25) is 10.0 Å². The fraction of sp³-hybridized carbons (Fsp3) is 0.588. The first kappa shape index (κ1) is 35.5. The summed E-state index contributed by atoms with van der Waals surface area (Å²) in [7, 11) is -3.81. The summed E-state index contributed by atoms with van der Waals surface area (Å²) in [6.07, 6.45) is 8.37. The van der Waals surface area contributed by atoms with Gasteiger partial charge in [0.05, 0.1) is 4.90 Å². The van der Waals surface area contributed by atoms with Crippen LogP contribution in [0.2, 0.25) is 0 Å². The van der Waals surface area contributed by atoms with Gasteiger partial charge in [0, 0.05) is 70.1 Å². The predicted octanol–water partition coefficient (Wildman–Crippen LogP) is 5.34. The van der Waals surface area contributed by atoms with Crippen molar-refractivity contribution in [3.8, 4) is 0 Å². The molecule has 254 valence electrons. The summed E-state index contributed by atoms with van der Waals surface area (Å²) >= 11 is 3.53. The molecule has 0 aromatic heterocycles. The molecule has 0 radical (unpaired) electrons. The summed E-state index contributed by atoms with van der Waals surface area (Å²) in [5.41, 5.74) is 3.67. The maximum atomic E-state index is 14.2. The molecule has 1 saturated carbocycles. The Morgan fingerprint density at radius 3 is 2.07 bits per heavy atom. The van der Waals surface area contributed by atoms with Crippen LogP contribution in [0.1, 0.15) is 56.1 Å². The highest BCUT2D eigenvalue weighted by Gasteiger charge is 2.34. The van der Waals surface area contributed by atoms with Gasteiger partial charge in [0.25, 0.3) is 10.2 Å². The van der Waals surface area contributed by atoms with Crippen molar-refractivity contribution in [2.24, 2.45) is 5.92 Å². The largest absolute Gasteiger partial charge is 0.378 e. The number of nitrogens with zero attached hydrogens (tertiary/aromatic N) is 5. The highest BCUT2D eigenvalue weighted by molar-refractivity contribution is 9.10. The van der Waals surface area contributed by atoms with E-state index in [1.54, 1.807) is 16.4 Å². The summed E-state index contributed by atoms with van der Waals surface area (Å²) in [5.74, 6) is 0.643. The molecule has 1 aliphatic carbocycles. The van der Waals surface area contributed by atoms with Gasteiger partial charge in [-0.25, -0.2) is 8.42 Å². The van der Waals surface area contributed by atoms with E-state index >= 15 is 0 Å². The summed E-state index contributed by atoms with van der Waals surface area (Å²) in [4.78, 5) is 4.62. The SMILES string of the molecule is C=C1CN(S(=O)(=O)c2ccc(N(C)C)cc2)CCCN(CC2CCCCC2)CCCN(S(=O)(=O)N2CCc3cc(Br)ccc3C2)C1. The van der Waals surface area contributed by atoms with Crippen LogP contribution in [0.25, 0.3) is 0 Å². The molecule has 12 heteroatoms. The molecule has 9 nitrogen and oxygen atoms in total. The number of anilines is 1. The first-order valence-electron chi connectivity index (χ1n) is 16.6. The summed E-state index contributed by atoms with van der Waals surface area (Å²) < 4.78 is 62.1. The van der Waals surface area contributed by atoms with Crippen LogP contribution in [0.5, 0.6) is 0 Å². The highest BCUT2D eigenvalue weighted by Crippen LogP contribution is 2.28. The topological polar surface area (TPSA) is 84.5 Å². The third kappa shape index (κ3) is 8.80. The van der Waals surface area contributed by atoms with Gasteiger partial charge in [-0.1, -0.05) is 47.8 Å². The Balaban J connectivity index is 1.39. The first-order chi connectivity index (χ1) is 21.9. The van der Waals surface area contributed by atoms with E-state index in [0.717, 1.165) is 47.3 Å². The smallest absolute Gasteiger partial charge is 0.282 e. The Labute approximate surface area is 285 Å². The average Bonchev–Trinajstić information content (AvgIpc) is 3.03. The van der Waals surface area contributed by atoms with Gasteiger partial charge in [0.15, 0.2) is 0 Å². The van der Waals surface area contributed by atoms with Gasteiger partial charge < -0.3 is 9.80 Å². The van der Waals surface area contributed by atoms with E-state index in [4.69, 9.17) is 0 Å². The zero-order chi connectivity index (χ0) is 32.9. The lowest BCUT2D eigenvalue weighted by molar-refractivity contribution is 0.187. The molecule has 0 atom stereocenters. The second kappa shape index (κ2) is 15.6. The average molecular weight is 737 g/mol. The molecule has 0 bridgehead atoms. The minimum Gasteiger partial charge on any atom is -0.378 e. The molecule has 5 rings (SSSR count). The van der Waals surface area contributed by atoms with Crippen molar-refractivity contribution in [3.05, 3.63) is 70.2 Å². The van der Waals surface area contributed by atoms with Crippen molar-refractivity contribution in [2.75, 3.05) is 71.4 Å². The molecule has 2 aromatic rings. The second-order valence-electron chi connectivity index (χ2n) is 13.3. The number of sulfonamides is 1. The second-order valence-corrected chi connectivity index (χ2v) is 18.1. The van der Waals surface area contributed by atoms with Crippen LogP contribution in [0.3, 0.4) is 0 Å². The molecular weight excluding hydrogens is 686 g/mol. The highest BCUT2D eigenvalue weighted by atomic mass is 79.9.